The first-order valence-electron chi connectivity index (χ1n) is 6.32. The number of rotatable bonds is 4. The molecule has 0 saturated carbocycles. The van der Waals surface area contributed by atoms with Crippen LogP contribution in [0.3, 0.4) is 0 Å². The van der Waals surface area contributed by atoms with Crippen molar-refractivity contribution in [2.75, 3.05) is 19.6 Å². The standard InChI is InChI=1S/C14H22N2O/c1-10-3-11(2)5-12(4-10)6-15-7-13-8-16-9-14(13)17/h3-5,13-17H,6-9H2,1-2H3. The summed E-state index contributed by atoms with van der Waals surface area (Å²) in [5, 5.41) is 16.3. The van der Waals surface area contributed by atoms with Crippen molar-refractivity contribution < 1.29 is 5.11 Å². The van der Waals surface area contributed by atoms with Gasteiger partial charge in [0.1, 0.15) is 0 Å². The van der Waals surface area contributed by atoms with Crippen molar-refractivity contribution in [2.45, 2.75) is 26.5 Å². The van der Waals surface area contributed by atoms with Gasteiger partial charge in [-0.2, -0.15) is 0 Å². The van der Waals surface area contributed by atoms with Crippen LogP contribution in [0.2, 0.25) is 0 Å². The highest BCUT2D eigenvalue weighted by Crippen LogP contribution is 2.10. The Bertz CT molecular complexity index is 358. The summed E-state index contributed by atoms with van der Waals surface area (Å²) in [6, 6.07) is 6.61. The molecule has 2 rings (SSSR count). The van der Waals surface area contributed by atoms with Gasteiger partial charge < -0.3 is 15.7 Å². The average Bonchev–Trinajstić information content (AvgIpc) is 2.63. The third kappa shape index (κ3) is 3.53. The zero-order valence-corrected chi connectivity index (χ0v) is 10.7. The van der Waals surface area contributed by atoms with Gasteiger partial charge in [-0.1, -0.05) is 29.3 Å². The van der Waals surface area contributed by atoms with Crippen LogP contribution in [0.15, 0.2) is 18.2 Å². The molecule has 3 nitrogen and oxygen atoms in total. The molecule has 3 heteroatoms. The van der Waals surface area contributed by atoms with Crippen LogP contribution in [0, 0.1) is 19.8 Å². The first-order valence-corrected chi connectivity index (χ1v) is 6.32. The summed E-state index contributed by atoms with van der Waals surface area (Å²) in [6.45, 7) is 7.66. The van der Waals surface area contributed by atoms with E-state index in [1.807, 2.05) is 0 Å². The van der Waals surface area contributed by atoms with Gasteiger partial charge in [-0.3, -0.25) is 0 Å². The molecule has 0 amide bonds. The van der Waals surface area contributed by atoms with Gasteiger partial charge in [-0.15, -0.1) is 0 Å². The van der Waals surface area contributed by atoms with E-state index in [0.29, 0.717) is 5.92 Å². The molecule has 1 aliphatic heterocycles. The molecule has 3 N–H and O–H groups in total. The number of aliphatic hydroxyl groups excluding tert-OH is 1. The maximum absolute atomic E-state index is 9.67. The van der Waals surface area contributed by atoms with Crippen molar-refractivity contribution in [3.05, 3.63) is 34.9 Å². The fourth-order valence-corrected chi connectivity index (χ4v) is 2.50. The number of hydrogen-bond acceptors (Lipinski definition) is 3. The SMILES string of the molecule is Cc1cc(C)cc(CNCC2CNCC2O)c1. The van der Waals surface area contributed by atoms with E-state index < -0.39 is 0 Å². The second-order valence-corrected chi connectivity index (χ2v) is 5.11. The zero-order chi connectivity index (χ0) is 12.3. The molecule has 1 aromatic rings. The lowest BCUT2D eigenvalue weighted by Gasteiger charge is -2.14. The average molecular weight is 234 g/mol. The Morgan fingerprint density at radius 3 is 2.53 bits per heavy atom. The molecule has 17 heavy (non-hydrogen) atoms. The second-order valence-electron chi connectivity index (χ2n) is 5.11. The summed E-state index contributed by atoms with van der Waals surface area (Å²) in [4.78, 5) is 0. The third-order valence-corrected chi connectivity index (χ3v) is 3.32. The van der Waals surface area contributed by atoms with Gasteiger partial charge >= 0.3 is 0 Å². The molecule has 1 aliphatic rings. The predicted octanol–water partition coefficient (Wildman–Crippen LogP) is 0.973. The number of aryl methyl sites for hydroxylation is 2. The minimum absolute atomic E-state index is 0.193. The summed E-state index contributed by atoms with van der Waals surface area (Å²) in [5.74, 6) is 0.348. The Balaban J connectivity index is 1.81. The molecule has 1 aromatic carbocycles. The number of aliphatic hydroxyl groups is 1. The van der Waals surface area contributed by atoms with Crippen molar-refractivity contribution in [1.82, 2.24) is 10.6 Å². The van der Waals surface area contributed by atoms with Crippen molar-refractivity contribution in [1.29, 1.82) is 0 Å². The molecule has 1 fully saturated rings. The molecule has 0 aromatic heterocycles. The molecule has 0 aliphatic carbocycles. The highest BCUT2D eigenvalue weighted by atomic mass is 16.3. The van der Waals surface area contributed by atoms with Crippen LogP contribution in [-0.4, -0.2) is 30.8 Å². The summed E-state index contributed by atoms with van der Waals surface area (Å²) in [6.07, 6.45) is -0.193. The fourth-order valence-electron chi connectivity index (χ4n) is 2.50. The molecular weight excluding hydrogens is 212 g/mol. The van der Waals surface area contributed by atoms with Gasteiger partial charge in [0.25, 0.3) is 0 Å². The van der Waals surface area contributed by atoms with Gasteiger partial charge in [-0.25, -0.2) is 0 Å². The monoisotopic (exact) mass is 234 g/mol. The predicted molar refractivity (Wildman–Crippen MR) is 70.0 cm³/mol. The lowest BCUT2D eigenvalue weighted by atomic mass is 10.1. The smallest absolute Gasteiger partial charge is 0.0716 e. The van der Waals surface area contributed by atoms with E-state index in [2.05, 4.69) is 42.7 Å². The highest BCUT2D eigenvalue weighted by Gasteiger charge is 2.23. The zero-order valence-electron chi connectivity index (χ0n) is 10.7. The van der Waals surface area contributed by atoms with Gasteiger partial charge in [0.05, 0.1) is 6.10 Å². The molecule has 0 radical (unpaired) electrons. The summed E-state index contributed by atoms with van der Waals surface area (Å²) < 4.78 is 0. The normalized spacial score (nSPS) is 24.2. The lowest BCUT2D eigenvalue weighted by molar-refractivity contribution is 0.146. The fraction of sp³-hybridized carbons (Fsp3) is 0.571. The Morgan fingerprint density at radius 2 is 1.94 bits per heavy atom. The van der Waals surface area contributed by atoms with Crippen molar-refractivity contribution >= 4 is 0 Å². The topological polar surface area (TPSA) is 44.3 Å². The molecule has 2 unspecified atom stereocenters. The number of hydrogen-bond donors (Lipinski definition) is 3. The van der Waals surface area contributed by atoms with Crippen LogP contribution < -0.4 is 10.6 Å². The third-order valence-electron chi connectivity index (χ3n) is 3.32. The quantitative estimate of drug-likeness (QED) is 0.727. The Morgan fingerprint density at radius 1 is 1.24 bits per heavy atom. The molecule has 1 saturated heterocycles. The number of nitrogens with one attached hydrogen (secondary N) is 2. The molecule has 1 heterocycles. The van der Waals surface area contributed by atoms with Crippen molar-refractivity contribution in [2.24, 2.45) is 5.92 Å². The lowest BCUT2D eigenvalue weighted by Crippen LogP contribution is -2.30. The summed E-state index contributed by atoms with van der Waals surface area (Å²) in [5.41, 5.74) is 3.94. The van der Waals surface area contributed by atoms with Crippen molar-refractivity contribution in [3.63, 3.8) is 0 Å². The molecule has 94 valence electrons. The Kier molecular flexibility index (Phi) is 4.15. The Hall–Kier alpha value is -0.900. The van der Waals surface area contributed by atoms with Crippen LogP contribution in [0.25, 0.3) is 0 Å². The van der Waals surface area contributed by atoms with E-state index in [1.54, 1.807) is 0 Å². The van der Waals surface area contributed by atoms with E-state index in [9.17, 15) is 5.11 Å². The summed E-state index contributed by atoms with van der Waals surface area (Å²) in [7, 11) is 0. The Labute approximate surface area is 103 Å². The van der Waals surface area contributed by atoms with E-state index in [-0.39, 0.29) is 6.10 Å². The van der Waals surface area contributed by atoms with E-state index in [1.165, 1.54) is 16.7 Å². The maximum atomic E-state index is 9.67. The number of benzene rings is 1. The minimum atomic E-state index is -0.193. The molecular formula is C14H22N2O. The van der Waals surface area contributed by atoms with Crippen molar-refractivity contribution in [3.8, 4) is 0 Å². The maximum Gasteiger partial charge on any atom is 0.0716 e. The molecule has 2 atom stereocenters. The first kappa shape index (κ1) is 12.6. The van der Waals surface area contributed by atoms with Gasteiger partial charge in [0.15, 0.2) is 0 Å². The second kappa shape index (κ2) is 5.63. The van der Waals surface area contributed by atoms with Crippen LogP contribution >= 0.6 is 0 Å². The van der Waals surface area contributed by atoms with Crippen LogP contribution in [0.1, 0.15) is 16.7 Å². The van der Waals surface area contributed by atoms with Gasteiger partial charge in [0, 0.05) is 32.1 Å². The highest BCUT2D eigenvalue weighted by molar-refractivity contribution is 5.28. The first-order chi connectivity index (χ1) is 8.15. The number of β-amino-alcohol motifs (C(OH)–C–C–N with tert-alkyl or cyclic N) is 1. The van der Waals surface area contributed by atoms with E-state index in [4.69, 9.17) is 0 Å². The van der Waals surface area contributed by atoms with Crippen LogP contribution in [-0.2, 0) is 6.54 Å². The van der Waals surface area contributed by atoms with Crippen LogP contribution in [0.5, 0.6) is 0 Å². The molecule has 0 bridgehead atoms. The molecule has 0 spiro atoms. The minimum Gasteiger partial charge on any atom is -0.391 e. The summed E-state index contributed by atoms with van der Waals surface area (Å²) >= 11 is 0. The van der Waals surface area contributed by atoms with E-state index >= 15 is 0 Å². The van der Waals surface area contributed by atoms with Crippen LogP contribution in [0.4, 0.5) is 0 Å². The van der Waals surface area contributed by atoms with Gasteiger partial charge in [-0.05, 0) is 19.4 Å². The van der Waals surface area contributed by atoms with Gasteiger partial charge in [0.2, 0.25) is 0 Å². The largest absolute Gasteiger partial charge is 0.391 e. The van der Waals surface area contributed by atoms with E-state index in [0.717, 1.165) is 26.2 Å².